The van der Waals surface area contributed by atoms with Crippen LogP contribution in [0.15, 0.2) is 284 Å². The predicted octanol–water partition coefficient (Wildman–Crippen LogP) is 11.0. The summed E-state index contributed by atoms with van der Waals surface area (Å²) < 4.78 is 223. The van der Waals surface area contributed by atoms with Crippen LogP contribution in [-0.2, 0) is 85.8 Å². The largest absolute Gasteiger partial charge is 0.523 e. The second-order valence-corrected chi connectivity index (χ2v) is 31.9. The highest BCUT2D eigenvalue weighted by atomic mass is 32.2. The highest BCUT2D eigenvalue weighted by Crippen LogP contribution is 2.38. The fourth-order valence-electron chi connectivity index (χ4n) is 10.4. The van der Waals surface area contributed by atoms with Crippen LogP contribution in [-0.4, -0.2) is 97.5 Å². The third kappa shape index (κ3) is 12.9. The van der Waals surface area contributed by atoms with Crippen LogP contribution in [0, 0.1) is 0 Å². The summed E-state index contributed by atoms with van der Waals surface area (Å²) in [6.45, 7) is 0. The zero-order valence-corrected chi connectivity index (χ0v) is 53.1. The number of rotatable bonds is 21. The molecule has 26 heteroatoms. The summed E-state index contributed by atoms with van der Waals surface area (Å²) in [6.07, 6.45) is 0. The van der Waals surface area contributed by atoms with Crippen LogP contribution in [0.2, 0.25) is 0 Å². The topological polar surface area (TPSA) is 260 Å². The molecule has 89 heavy (non-hydrogen) atoms. The molecule has 0 atom stereocenters. The van der Waals surface area contributed by atoms with Crippen molar-refractivity contribution < 1.29 is 75.6 Å². The predicted molar refractivity (Wildman–Crippen MR) is 336 cm³/mol. The Bertz CT molecular complexity index is 4560. The molecule has 0 aliphatic rings. The third-order valence-electron chi connectivity index (χ3n) is 14.4. The Balaban J connectivity index is 0.00000817. The van der Waals surface area contributed by atoms with Gasteiger partial charge in [0.25, 0.3) is 60.7 Å². The molecule has 0 amide bonds. The van der Waals surface area contributed by atoms with Crippen molar-refractivity contribution in [3.05, 3.63) is 255 Å². The molecule has 0 aromatic heterocycles. The Kier molecular flexibility index (Phi) is 17.9. The SMILES string of the molecule is O=S(=O)(O[CH](OS(=O)(=O)c1cccc2ccccc12)[Al]([CH](OS(=O)(=O)c1cccc2ccccc12)OS(=O)(=O)c1cccc2ccccc12)[CH](OS(=O)(=O)c1cccc2ccccc12)OS(=O)(=O)c1cccc2ccccc12)c1cccc2ccccc12.[Al]. The molecule has 0 aliphatic heterocycles. The molecule has 0 unspecified atom stereocenters. The van der Waals surface area contributed by atoms with Crippen molar-refractivity contribution in [2.75, 3.05) is 0 Å². The van der Waals surface area contributed by atoms with E-state index >= 15 is 50.5 Å². The first kappa shape index (κ1) is 63.3. The first-order valence-corrected chi connectivity index (χ1v) is 37.0. The van der Waals surface area contributed by atoms with E-state index in [1.54, 1.807) is 36.4 Å². The lowest BCUT2D eigenvalue weighted by molar-refractivity contribution is 0.00506. The molecular formula is C63H45Al2O18S6. The summed E-state index contributed by atoms with van der Waals surface area (Å²) in [5.41, 5.74) is 0. The fraction of sp³-hybridized carbons (Fsp3) is 0.0476. The van der Waals surface area contributed by atoms with Gasteiger partial charge >= 0.3 is 14.1 Å². The van der Waals surface area contributed by atoms with E-state index in [1.807, 2.05) is 0 Å². The molecular weight excluding hydrogens is 1290 g/mol. The Hall–Kier alpha value is -7.28. The van der Waals surface area contributed by atoms with Crippen LogP contribution >= 0.6 is 0 Å². The second-order valence-electron chi connectivity index (χ2n) is 19.8. The average molecular weight is 1340 g/mol. The lowest BCUT2D eigenvalue weighted by Gasteiger charge is -2.32. The van der Waals surface area contributed by atoms with E-state index in [0.717, 1.165) is 36.4 Å². The molecule has 18 nitrogen and oxygen atoms in total. The van der Waals surface area contributed by atoms with Crippen LogP contribution in [0.3, 0.4) is 0 Å². The molecule has 0 bridgehead atoms. The summed E-state index contributed by atoms with van der Waals surface area (Å²) in [6, 6.07) is 59.2. The van der Waals surface area contributed by atoms with Crippen LogP contribution in [0.4, 0.5) is 0 Å². The molecule has 0 heterocycles. The molecule has 0 fully saturated rings. The van der Waals surface area contributed by atoms with E-state index in [0.29, 0.717) is 32.3 Å². The van der Waals surface area contributed by atoms with Gasteiger partial charge in [-0.2, -0.15) is 50.5 Å². The van der Waals surface area contributed by atoms with Gasteiger partial charge in [-0.3, -0.25) is 0 Å². The lowest BCUT2D eigenvalue weighted by Crippen LogP contribution is -2.59. The minimum atomic E-state index is -5.90. The lowest BCUT2D eigenvalue weighted by atomic mass is 10.1. The van der Waals surface area contributed by atoms with Crippen molar-refractivity contribution in [3.63, 3.8) is 0 Å². The van der Waals surface area contributed by atoms with Gasteiger partial charge in [0, 0.05) is 49.7 Å². The molecule has 12 rings (SSSR count). The number of hydrogen-bond donors (Lipinski definition) is 0. The number of benzene rings is 12. The van der Waals surface area contributed by atoms with Gasteiger partial charge in [-0.15, -0.1) is 0 Å². The van der Waals surface area contributed by atoms with Gasteiger partial charge < -0.3 is 0 Å². The number of hydrogen-bond acceptors (Lipinski definition) is 18. The zero-order valence-electron chi connectivity index (χ0n) is 45.9. The van der Waals surface area contributed by atoms with Crippen LogP contribution in [0.5, 0.6) is 0 Å². The summed E-state index contributed by atoms with van der Waals surface area (Å²) in [7, 11) is -34.0. The normalized spacial score (nSPS) is 12.8. The standard InChI is InChI=1S/3C21H15O6S2.2Al/c3*22-28(23,20-13-5-9-16-7-1-3-11-18(16)20)26-15-27-29(24,25)21-14-6-10-17-8-2-4-12-19(17)21;;/h3*1-15H;;. The minimum Gasteiger partial charge on any atom is -0.250 e. The molecule has 0 saturated carbocycles. The molecule has 12 aromatic carbocycles. The van der Waals surface area contributed by atoms with E-state index < -0.39 is 120 Å². The monoisotopic (exact) mass is 1340 g/mol. The highest BCUT2D eigenvalue weighted by molar-refractivity contribution is 7.89. The van der Waals surface area contributed by atoms with Crippen LogP contribution in [0.25, 0.3) is 64.6 Å². The Morgan fingerprint density at radius 1 is 0.202 bits per heavy atom. The highest BCUT2D eigenvalue weighted by Gasteiger charge is 2.59. The van der Waals surface area contributed by atoms with Crippen molar-refractivity contribution in [1.29, 1.82) is 0 Å². The molecule has 3 radical (unpaired) electrons. The molecule has 0 spiro atoms. The quantitative estimate of drug-likeness (QED) is 0.0368. The molecule has 0 saturated heterocycles. The maximum absolute atomic E-state index is 15.5. The van der Waals surface area contributed by atoms with Crippen molar-refractivity contribution >= 4 is 157 Å². The van der Waals surface area contributed by atoms with Crippen molar-refractivity contribution in [1.82, 2.24) is 0 Å². The van der Waals surface area contributed by atoms with Gasteiger partial charge in [-0.1, -0.05) is 218 Å². The first-order chi connectivity index (χ1) is 42.1. The van der Waals surface area contributed by atoms with Gasteiger partial charge in [0.05, 0.1) is 0 Å². The fourth-order valence-corrected chi connectivity index (χ4v) is 23.6. The Labute approximate surface area is 527 Å². The van der Waals surface area contributed by atoms with E-state index in [9.17, 15) is 0 Å². The second kappa shape index (κ2) is 25.2. The minimum absolute atomic E-state index is 0. The zero-order chi connectivity index (χ0) is 61.6. The van der Waals surface area contributed by atoms with Crippen LogP contribution in [0.1, 0.15) is 0 Å². The molecule has 12 aromatic rings. The Morgan fingerprint density at radius 3 is 0.494 bits per heavy atom. The third-order valence-corrected chi connectivity index (χ3v) is 26.3. The maximum atomic E-state index is 15.5. The van der Waals surface area contributed by atoms with Gasteiger partial charge in [-0.05, 0) is 68.7 Å². The van der Waals surface area contributed by atoms with Gasteiger partial charge in [-0.25, -0.2) is 25.1 Å². The summed E-state index contributed by atoms with van der Waals surface area (Å²) in [5.74, 6) is 0. The summed E-state index contributed by atoms with van der Waals surface area (Å²) in [4.78, 5) is -4.14. The molecule has 447 valence electrons. The molecule has 0 aliphatic carbocycles. The van der Waals surface area contributed by atoms with E-state index in [-0.39, 0.29) is 49.7 Å². The first-order valence-electron chi connectivity index (χ1n) is 26.6. The number of fused-ring (bicyclic) bond motifs is 6. The van der Waals surface area contributed by atoms with Crippen LogP contribution < -0.4 is 0 Å². The summed E-state index contributed by atoms with van der Waals surface area (Å²) >= 11 is -5.90. The van der Waals surface area contributed by atoms with Gasteiger partial charge in [0.15, 0.2) is 0 Å². The Morgan fingerprint density at radius 2 is 0.337 bits per heavy atom. The van der Waals surface area contributed by atoms with Gasteiger partial charge in [0.1, 0.15) is 44.8 Å². The van der Waals surface area contributed by atoms with Crippen molar-refractivity contribution in [2.45, 2.75) is 44.8 Å². The average Bonchev–Trinajstić information content (AvgIpc) is 0.973. The molecule has 0 N–H and O–H groups in total. The van der Waals surface area contributed by atoms with E-state index in [4.69, 9.17) is 25.1 Å². The summed E-state index contributed by atoms with van der Waals surface area (Å²) in [5, 5.41) is -8.49. The van der Waals surface area contributed by atoms with Gasteiger partial charge in [0.2, 0.25) is 0 Å². The van der Waals surface area contributed by atoms with Crippen molar-refractivity contribution in [3.8, 4) is 0 Å². The van der Waals surface area contributed by atoms with E-state index in [2.05, 4.69) is 0 Å². The van der Waals surface area contributed by atoms with Crippen molar-refractivity contribution in [2.24, 2.45) is 0 Å². The van der Waals surface area contributed by atoms with E-state index in [1.165, 1.54) is 182 Å². The maximum Gasteiger partial charge on any atom is 0.523 e. The smallest absolute Gasteiger partial charge is 0.250 e.